The fourth-order valence-corrected chi connectivity index (χ4v) is 3.37. The molecule has 0 spiro atoms. The molecule has 0 amide bonds. The molecule has 18 heavy (non-hydrogen) atoms. The van der Waals surface area contributed by atoms with Crippen LogP contribution < -0.4 is 10.6 Å². The standard InChI is InChI=1S/C15H30N2O/c1-11-4-5-14(8-12(11)2)17-13(3)9-15-10-18-7-6-16-15/h11-17H,4-10H2,1-3H3. The highest BCUT2D eigenvalue weighted by atomic mass is 16.5. The van der Waals surface area contributed by atoms with Gasteiger partial charge in [0.15, 0.2) is 0 Å². The van der Waals surface area contributed by atoms with E-state index in [4.69, 9.17) is 4.74 Å². The van der Waals surface area contributed by atoms with Crippen molar-refractivity contribution in [3.63, 3.8) is 0 Å². The van der Waals surface area contributed by atoms with Gasteiger partial charge >= 0.3 is 0 Å². The summed E-state index contributed by atoms with van der Waals surface area (Å²) < 4.78 is 5.51. The van der Waals surface area contributed by atoms with Crippen molar-refractivity contribution in [2.75, 3.05) is 19.8 Å². The fraction of sp³-hybridized carbons (Fsp3) is 1.00. The van der Waals surface area contributed by atoms with Crippen LogP contribution in [0.2, 0.25) is 0 Å². The van der Waals surface area contributed by atoms with Crippen LogP contribution in [0.4, 0.5) is 0 Å². The first-order valence-electron chi connectivity index (χ1n) is 7.72. The maximum absolute atomic E-state index is 5.51. The highest BCUT2D eigenvalue weighted by Gasteiger charge is 2.26. The van der Waals surface area contributed by atoms with Crippen LogP contribution in [-0.2, 0) is 4.74 Å². The molecule has 1 heterocycles. The lowest BCUT2D eigenvalue weighted by atomic mass is 9.79. The zero-order chi connectivity index (χ0) is 13.0. The highest BCUT2D eigenvalue weighted by molar-refractivity contribution is 4.83. The van der Waals surface area contributed by atoms with Crippen LogP contribution in [0.3, 0.4) is 0 Å². The maximum atomic E-state index is 5.51. The van der Waals surface area contributed by atoms with Gasteiger partial charge in [0.25, 0.3) is 0 Å². The van der Waals surface area contributed by atoms with E-state index in [0.29, 0.717) is 12.1 Å². The summed E-state index contributed by atoms with van der Waals surface area (Å²) in [4.78, 5) is 0. The summed E-state index contributed by atoms with van der Waals surface area (Å²) in [5.41, 5.74) is 0. The molecule has 0 aromatic carbocycles. The molecule has 2 fully saturated rings. The van der Waals surface area contributed by atoms with E-state index in [1.165, 1.54) is 25.7 Å². The number of ether oxygens (including phenoxy) is 1. The van der Waals surface area contributed by atoms with E-state index in [-0.39, 0.29) is 0 Å². The van der Waals surface area contributed by atoms with Crippen LogP contribution in [0.25, 0.3) is 0 Å². The average molecular weight is 254 g/mol. The molecule has 0 bridgehead atoms. The van der Waals surface area contributed by atoms with Crippen LogP contribution in [0, 0.1) is 11.8 Å². The van der Waals surface area contributed by atoms with Crippen molar-refractivity contribution in [2.24, 2.45) is 11.8 Å². The molecule has 2 rings (SSSR count). The van der Waals surface area contributed by atoms with Crippen molar-refractivity contribution in [3.8, 4) is 0 Å². The number of rotatable bonds is 4. The molecule has 1 saturated carbocycles. The van der Waals surface area contributed by atoms with Gasteiger partial charge in [-0.2, -0.15) is 0 Å². The topological polar surface area (TPSA) is 33.3 Å². The van der Waals surface area contributed by atoms with Gasteiger partial charge in [-0.05, 0) is 44.4 Å². The Bertz CT molecular complexity index is 241. The largest absolute Gasteiger partial charge is 0.379 e. The highest BCUT2D eigenvalue weighted by Crippen LogP contribution is 2.29. The van der Waals surface area contributed by atoms with Gasteiger partial charge in [-0.3, -0.25) is 0 Å². The monoisotopic (exact) mass is 254 g/mol. The molecule has 5 atom stereocenters. The van der Waals surface area contributed by atoms with E-state index in [9.17, 15) is 0 Å². The SMILES string of the molecule is CC(CC1COCCN1)NC1CCC(C)C(C)C1. The lowest BCUT2D eigenvalue weighted by Gasteiger charge is -2.35. The predicted octanol–water partition coefficient (Wildman–Crippen LogP) is 2.17. The predicted molar refractivity (Wildman–Crippen MR) is 75.8 cm³/mol. The molecule has 3 heteroatoms. The van der Waals surface area contributed by atoms with E-state index in [2.05, 4.69) is 31.4 Å². The van der Waals surface area contributed by atoms with Crippen LogP contribution in [0.15, 0.2) is 0 Å². The minimum Gasteiger partial charge on any atom is -0.379 e. The normalized spacial score (nSPS) is 39.5. The van der Waals surface area contributed by atoms with Crippen molar-refractivity contribution in [3.05, 3.63) is 0 Å². The summed E-state index contributed by atoms with van der Waals surface area (Å²) in [5, 5.41) is 7.36. The summed E-state index contributed by atoms with van der Waals surface area (Å²) in [5.74, 6) is 1.78. The summed E-state index contributed by atoms with van der Waals surface area (Å²) in [6.07, 6.45) is 5.27. The van der Waals surface area contributed by atoms with Gasteiger partial charge in [0.05, 0.1) is 13.2 Å². The van der Waals surface area contributed by atoms with E-state index in [1.54, 1.807) is 0 Å². The second kappa shape index (κ2) is 6.88. The van der Waals surface area contributed by atoms with Crippen molar-refractivity contribution in [1.82, 2.24) is 10.6 Å². The van der Waals surface area contributed by atoms with Crippen LogP contribution in [0.5, 0.6) is 0 Å². The molecule has 106 valence electrons. The number of hydrogen-bond acceptors (Lipinski definition) is 3. The molecule has 2 N–H and O–H groups in total. The second-order valence-corrected chi connectivity index (χ2v) is 6.49. The van der Waals surface area contributed by atoms with E-state index in [1.807, 2.05) is 0 Å². The Morgan fingerprint density at radius 2 is 2.11 bits per heavy atom. The lowest BCUT2D eigenvalue weighted by molar-refractivity contribution is 0.0700. The number of hydrogen-bond donors (Lipinski definition) is 2. The Labute approximate surface area is 112 Å². The maximum Gasteiger partial charge on any atom is 0.0620 e. The van der Waals surface area contributed by atoms with Gasteiger partial charge in [0.2, 0.25) is 0 Å². The summed E-state index contributed by atoms with van der Waals surface area (Å²) in [7, 11) is 0. The first-order chi connectivity index (χ1) is 8.65. The van der Waals surface area contributed by atoms with Gasteiger partial charge in [-0.15, -0.1) is 0 Å². The third kappa shape index (κ3) is 4.22. The smallest absolute Gasteiger partial charge is 0.0620 e. The molecule has 0 radical (unpaired) electrons. The minimum atomic E-state index is 0.543. The van der Waals surface area contributed by atoms with E-state index in [0.717, 1.165) is 37.6 Å². The zero-order valence-corrected chi connectivity index (χ0v) is 12.2. The number of nitrogens with one attached hydrogen (secondary N) is 2. The van der Waals surface area contributed by atoms with Gasteiger partial charge in [0.1, 0.15) is 0 Å². The minimum absolute atomic E-state index is 0.543. The average Bonchev–Trinajstić information content (AvgIpc) is 2.35. The van der Waals surface area contributed by atoms with Crippen LogP contribution in [-0.4, -0.2) is 37.9 Å². The molecular formula is C15H30N2O. The molecule has 1 saturated heterocycles. The fourth-order valence-electron chi connectivity index (χ4n) is 3.37. The van der Waals surface area contributed by atoms with E-state index < -0.39 is 0 Å². The Kier molecular flexibility index (Phi) is 5.46. The Balaban J connectivity index is 1.68. The first kappa shape index (κ1) is 14.3. The lowest BCUT2D eigenvalue weighted by Crippen LogP contribution is -2.47. The molecule has 5 unspecified atom stereocenters. The molecule has 0 aromatic heterocycles. The second-order valence-electron chi connectivity index (χ2n) is 6.49. The molecule has 1 aliphatic heterocycles. The molecule has 2 aliphatic rings. The van der Waals surface area contributed by atoms with Gasteiger partial charge < -0.3 is 15.4 Å². The molecule has 1 aliphatic carbocycles. The summed E-state index contributed by atoms with van der Waals surface area (Å²) in [6, 6.07) is 1.87. The zero-order valence-electron chi connectivity index (χ0n) is 12.2. The third-order valence-electron chi connectivity index (χ3n) is 4.75. The van der Waals surface area contributed by atoms with Crippen molar-refractivity contribution in [2.45, 2.75) is 64.6 Å². The third-order valence-corrected chi connectivity index (χ3v) is 4.75. The Morgan fingerprint density at radius 1 is 1.28 bits per heavy atom. The van der Waals surface area contributed by atoms with Crippen molar-refractivity contribution >= 4 is 0 Å². The first-order valence-corrected chi connectivity index (χ1v) is 7.72. The molecular weight excluding hydrogens is 224 g/mol. The van der Waals surface area contributed by atoms with Crippen molar-refractivity contribution < 1.29 is 4.74 Å². The molecule has 0 aromatic rings. The molecule has 3 nitrogen and oxygen atoms in total. The summed E-state index contributed by atoms with van der Waals surface area (Å²) >= 11 is 0. The van der Waals surface area contributed by atoms with Gasteiger partial charge in [0, 0.05) is 24.7 Å². The Morgan fingerprint density at radius 3 is 2.78 bits per heavy atom. The van der Waals surface area contributed by atoms with Crippen LogP contribution >= 0.6 is 0 Å². The van der Waals surface area contributed by atoms with Crippen LogP contribution in [0.1, 0.15) is 46.5 Å². The van der Waals surface area contributed by atoms with Gasteiger partial charge in [-0.1, -0.05) is 13.8 Å². The number of morpholine rings is 1. The Hall–Kier alpha value is -0.120. The summed E-state index contributed by atoms with van der Waals surface area (Å²) in [6.45, 7) is 9.88. The van der Waals surface area contributed by atoms with Crippen molar-refractivity contribution in [1.29, 1.82) is 0 Å². The van der Waals surface area contributed by atoms with E-state index >= 15 is 0 Å². The van der Waals surface area contributed by atoms with Gasteiger partial charge in [-0.25, -0.2) is 0 Å². The quantitative estimate of drug-likeness (QED) is 0.806.